The van der Waals surface area contributed by atoms with Gasteiger partial charge < -0.3 is 15.2 Å². The Labute approximate surface area is 227 Å². The molecule has 0 saturated carbocycles. The standard InChI is InChI=1S/C31H33N3O3S/c1-2-27(22-8-4-3-5-9-22)30(23-11-14-26(15-12-23)38-19-17-32-31(35)36)24-13-16-28-25(20-24)21-33-34(28)29-10-6-7-18-37-29/h3-5,8-9,11-16,20-21,29,32H,2,6-7,10,17-19H2,1H3,(H,35,36)/b30-27+. The third-order valence-corrected chi connectivity index (χ3v) is 7.89. The van der Waals surface area contributed by atoms with Crippen LogP contribution in [0.15, 0.2) is 83.9 Å². The maximum atomic E-state index is 10.7. The summed E-state index contributed by atoms with van der Waals surface area (Å²) in [6, 6.07) is 25.8. The molecule has 0 aliphatic carbocycles. The number of fused-ring (bicyclic) bond motifs is 1. The first-order chi connectivity index (χ1) is 18.6. The van der Waals surface area contributed by atoms with Gasteiger partial charge in [-0.3, -0.25) is 0 Å². The summed E-state index contributed by atoms with van der Waals surface area (Å²) in [5, 5.41) is 17.0. The fraction of sp³-hybridized carbons (Fsp3) is 0.290. The van der Waals surface area contributed by atoms with Crippen LogP contribution in [0.25, 0.3) is 22.0 Å². The Bertz CT molecular complexity index is 1410. The number of nitrogens with zero attached hydrogens (tertiary/aromatic N) is 2. The van der Waals surface area contributed by atoms with Crippen LogP contribution in [0.2, 0.25) is 0 Å². The number of hydrogen-bond acceptors (Lipinski definition) is 4. The Morgan fingerprint density at radius 2 is 1.84 bits per heavy atom. The van der Waals surface area contributed by atoms with Crippen LogP contribution in [0.4, 0.5) is 4.79 Å². The number of hydrogen-bond donors (Lipinski definition) is 2. The summed E-state index contributed by atoms with van der Waals surface area (Å²) < 4.78 is 8.04. The smallest absolute Gasteiger partial charge is 0.404 e. The second kappa shape index (κ2) is 12.3. The molecule has 0 radical (unpaired) electrons. The second-order valence-corrected chi connectivity index (χ2v) is 10.5. The van der Waals surface area contributed by atoms with Crippen molar-refractivity contribution in [1.82, 2.24) is 15.1 Å². The molecule has 5 rings (SSSR count). The van der Waals surface area contributed by atoms with Crippen molar-refractivity contribution in [3.05, 3.63) is 95.7 Å². The number of carbonyl (C=O) groups is 1. The van der Waals surface area contributed by atoms with Crippen molar-refractivity contribution in [1.29, 1.82) is 0 Å². The molecule has 1 aliphatic rings. The first kappa shape index (κ1) is 26.1. The van der Waals surface area contributed by atoms with Gasteiger partial charge in [0.15, 0.2) is 6.23 Å². The molecule has 38 heavy (non-hydrogen) atoms. The summed E-state index contributed by atoms with van der Waals surface area (Å²) in [6.45, 7) is 3.41. The lowest BCUT2D eigenvalue weighted by Gasteiger charge is -2.23. The molecule has 6 nitrogen and oxygen atoms in total. The lowest BCUT2D eigenvalue weighted by molar-refractivity contribution is -0.0366. The van der Waals surface area contributed by atoms with Crippen molar-refractivity contribution >= 4 is 39.9 Å². The highest BCUT2D eigenvalue weighted by Gasteiger charge is 2.20. The monoisotopic (exact) mass is 527 g/mol. The van der Waals surface area contributed by atoms with Crippen LogP contribution in [-0.4, -0.2) is 39.9 Å². The van der Waals surface area contributed by atoms with Crippen molar-refractivity contribution in [3.8, 4) is 0 Å². The Kier molecular flexibility index (Phi) is 8.46. The van der Waals surface area contributed by atoms with E-state index in [2.05, 4.69) is 85.0 Å². The quantitative estimate of drug-likeness (QED) is 0.134. The zero-order chi connectivity index (χ0) is 26.3. The van der Waals surface area contributed by atoms with Crippen molar-refractivity contribution in [3.63, 3.8) is 0 Å². The summed E-state index contributed by atoms with van der Waals surface area (Å²) in [7, 11) is 0. The zero-order valence-corrected chi connectivity index (χ0v) is 22.4. The van der Waals surface area contributed by atoms with E-state index in [0.717, 1.165) is 59.2 Å². The largest absolute Gasteiger partial charge is 0.465 e. The topological polar surface area (TPSA) is 76.4 Å². The van der Waals surface area contributed by atoms with Crippen LogP contribution < -0.4 is 5.32 Å². The van der Waals surface area contributed by atoms with Gasteiger partial charge in [-0.15, -0.1) is 11.8 Å². The van der Waals surface area contributed by atoms with Gasteiger partial charge in [-0.1, -0.05) is 55.5 Å². The van der Waals surface area contributed by atoms with E-state index in [0.29, 0.717) is 12.3 Å². The highest BCUT2D eigenvalue weighted by atomic mass is 32.2. The highest BCUT2D eigenvalue weighted by molar-refractivity contribution is 7.99. The number of nitrogens with one attached hydrogen (secondary N) is 1. The molecule has 1 unspecified atom stereocenters. The van der Waals surface area contributed by atoms with Gasteiger partial charge >= 0.3 is 6.09 Å². The van der Waals surface area contributed by atoms with Gasteiger partial charge in [0, 0.05) is 29.2 Å². The molecule has 1 saturated heterocycles. The minimum Gasteiger partial charge on any atom is -0.465 e. The number of thioether (sulfide) groups is 1. The number of benzene rings is 3. The van der Waals surface area contributed by atoms with Gasteiger partial charge in [0.25, 0.3) is 0 Å². The molecule has 3 aromatic carbocycles. The Morgan fingerprint density at radius 3 is 2.55 bits per heavy atom. The summed E-state index contributed by atoms with van der Waals surface area (Å²) in [4.78, 5) is 11.8. The molecule has 4 aromatic rings. The third-order valence-electron chi connectivity index (χ3n) is 6.88. The van der Waals surface area contributed by atoms with Gasteiger partial charge in [-0.25, -0.2) is 9.48 Å². The molecule has 7 heteroatoms. The van der Waals surface area contributed by atoms with Gasteiger partial charge in [-0.05, 0) is 77.8 Å². The van der Waals surface area contributed by atoms with Crippen LogP contribution in [0.3, 0.4) is 0 Å². The van der Waals surface area contributed by atoms with Gasteiger partial charge in [0.2, 0.25) is 0 Å². The number of ether oxygens (including phenoxy) is 1. The predicted molar refractivity (Wildman–Crippen MR) is 154 cm³/mol. The number of carboxylic acid groups (broad SMARTS) is 1. The molecule has 1 atom stereocenters. The van der Waals surface area contributed by atoms with Gasteiger partial charge in [0.1, 0.15) is 0 Å². The zero-order valence-electron chi connectivity index (χ0n) is 21.6. The molecule has 1 aromatic heterocycles. The van der Waals surface area contributed by atoms with Gasteiger partial charge in [-0.2, -0.15) is 5.10 Å². The van der Waals surface area contributed by atoms with E-state index in [1.807, 2.05) is 10.9 Å². The minimum absolute atomic E-state index is 0.00776. The molecular weight excluding hydrogens is 494 g/mol. The average molecular weight is 528 g/mol. The molecule has 1 aliphatic heterocycles. The lowest BCUT2D eigenvalue weighted by Crippen LogP contribution is -2.23. The number of aromatic nitrogens is 2. The Hall–Kier alpha value is -3.55. The molecule has 0 spiro atoms. The molecule has 1 amide bonds. The first-order valence-corrected chi connectivity index (χ1v) is 14.2. The van der Waals surface area contributed by atoms with Crippen molar-refractivity contribution in [2.45, 2.75) is 43.7 Å². The van der Waals surface area contributed by atoms with Crippen molar-refractivity contribution < 1.29 is 14.6 Å². The van der Waals surface area contributed by atoms with Crippen molar-refractivity contribution in [2.24, 2.45) is 0 Å². The Balaban J connectivity index is 1.52. The van der Waals surface area contributed by atoms with E-state index < -0.39 is 6.09 Å². The molecule has 0 bridgehead atoms. The summed E-state index contributed by atoms with van der Waals surface area (Å²) in [6.07, 6.45) is 5.14. The third kappa shape index (κ3) is 5.95. The van der Waals surface area contributed by atoms with Crippen LogP contribution in [0.1, 0.15) is 55.5 Å². The minimum atomic E-state index is -0.988. The maximum Gasteiger partial charge on any atom is 0.404 e. The van der Waals surface area contributed by atoms with Crippen LogP contribution >= 0.6 is 11.8 Å². The number of rotatable bonds is 9. The number of amides is 1. The lowest BCUT2D eigenvalue weighted by atomic mass is 9.88. The fourth-order valence-corrected chi connectivity index (χ4v) is 5.85. The van der Waals surface area contributed by atoms with E-state index in [-0.39, 0.29) is 6.23 Å². The van der Waals surface area contributed by atoms with E-state index in [1.165, 1.54) is 16.7 Å². The second-order valence-electron chi connectivity index (χ2n) is 9.36. The van der Waals surface area contributed by atoms with Crippen molar-refractivity contribution in [2.75, 3.05) is 18.9 Å². The summed E-state index contributed by atoms with van der Waals surface area (Å²) >= 11 is 1.64. The summed E-state index contributed by atoms with van der Waals surface area (Å²) in [5.41, 5.74) is 7.13. The summed E-state index contributed by atoms with van der Waals surface area (Å²) in [5.74, 6) is 0.684. The number of allylic oxidation sites excluding steroid dienone is 1. The van der Waals surface area contributed by atoms with Gasteiger partial charge in [0.05, 0.1) is 11.7 Å². The SMILES string of the molecule is CC/C(=C(/c1ccc(SCCNC(=O)O)cc1)c1ccc2c(cnn2C2CCCCO2)c1)c1ccccc1. The molecule has 2 heterocycles. The fourth-order valence-electron chi connectivity index (χ4n) is 5.08. The highest BCUT2D eigenvalue weighted by Crippen LogP contribution is 2.37. The van der Waals surface area contributed by atoms with E-state index in [4.69, 9.17) is 14.9 Å². The van der Waals surface area contributed by atoms with Crippen LogP contribution in [0, 0.1) is 0 Å². The molecule has 2 N–H and O–H groups in total. The predicted octanol–water partition coefficient (Wildman–Crippen LogP) is 7.46. The van der Waals surface area contributed by atoms with E-state index in [9.17, 15) is 4.79 Å². The van der Waals surface area contributed by atoms with Crippen LogP contribution in [-0.2, 0) is 4.74 Å². The normalized spacial score (nSPS) is 16.3. The first-order valence-electron chi connectivity index (χ1n) is 13.2. The maximum absolute atomic E-state index is 10.7. The Morgan fingerprint density at radius 1 is 1.05 bits per heavy atom. The van der Waals surface area contributed by atoms with E-state index >= 15 is 0 Å². The average Bonchev–Trinajstić information content (AvgIpc) is 3.39. The molecule has 196 valence electrons. The van der Waals surface area contributed by atoms with E-state index in [1.54, 1.807) is 11.8 Å². The molecular formula is C31H33N3O3S. The molecule has 1 fully saturated rings. The van der Waals surface area contributed by atoms with Crippen LogP contribution in [0.5, 0.6) is 0 Å².